The third-order valence-electron chi connectivity index (χ3n) is 3.80. The first-order valence-corrected chi connectivity index (χ1v) is 8.69. The van der Waals surface area contributed by atoms with E-state index in [4.69, 9.17) is 0 Å². The average Bonchev–Trinajstić information content (AvgIpc) is 2.50. The Morgan fingerprint density at radius 2 is 2.00 bits per heavy atom. The van der Waals surface area contributed by atoms with Gasteiger partial charge in [-0.15, -0.1) is 0 Å². The molecule has 0 N–H and O–H groups in total. The molecule has 0 bridgehead atoms. The molecule has 5 nitrogen and oxygen atoms in total. The first-order chi connectivity index (χ1) is 8.73. The van der Waals surface area contributed by atoms with Crippen LogP contribution in [0.15, 0.2) is 4.90 Å². The van der Waals surface area contributed by atoms with Crippen LogP contribution in [0.4, 0.5) is 0 Å². The van der Waals surface area contributed by atoms with E-state index in [0.717, 1.165) is 12.8 Å². The van der Waals surface area contributed by atoms with Gasteiger partial charge in [-0.25, -0.2) is 12.7 Å². The highest BCUT2D eigenvalue weighted by atomic mass is 79.9. The maximum absolute atomic E-state index is 12.6. The summed E-state index contributed by atoms with van der Waals surface area (Å²) in [6, 6.07) is 0. The third-order valence-corrected chi connectivity index (χ3v) is 6.63. The molecule has 0 radical (unpaired) electrons. The van der Waals surface area contributed by atoms with E-state index < -0.39 is 10.0 Å². The minimum Gasteiger partial charge on any atom is -0.271 e. The molecule has 0 unspecified atom stereocenters. The summed E-state index contributed by atoms with van der Waals surface area (Å²) in [5, 5.41) is 4.19. The Morgan fingerprint density at radius 3 is 2.42 bits per heavy atom. The monoisotopic (exact) mass is 349 g/mol. The summed E-state index contributed by atoms with van der Waals surface area (Å²) in [5.74, 6) is 0.460. The zero-order chi connectivity index (χ0) is 14.4. The molecular weight excluding hydrogens is 330 g/mol. The largest absolute Gasteiger partial charge is 0.271 e. The van der Waals surface area contributed by atoms with Crippen molar-refractivity contribution in [2.45, 2.75) is 36.4 Å². The molecule has 0 aromatic carbocycles. The Labute approximate surface area is 123 Å². The lowest BCUT2D eigenvalue weighted by molar-refractivity contribution is 0.275. The molecule has 0 spiro atoms. The van der Waals surface area contributed by atoms with Gasteiger partial charge in [0.05, 0.1) is 11.4 Å². The number of hydrogen-bond acceptors (Lipinski definition) is 3. The Hall–Kier alpha value is -0.400. The predicted octanol–water partition coefficient (Wildman–Crippen LogP) is 1.83. The summed E-state index contributed by atoms with van der Waals surface area (Å²) < 4.78 is 28.3. The molecule has 1 saturated carbocycles. The number of hydrogen-bond donors (Lipinski definition) is 0. The first kappa shape index (κ1) is 15.0. The van der Waals surface area contributed by atoms with Gasteiger partial charge >= 0.3 is 0 Å². The van der Waals surface area contributed by atoms with Gasteiger partial charge < -0.3 is 0 Å². The van der Waals surface area contributed by atoms with Crippen LogP contribution in [0.3, 0.4) is 0 Å². The van der Waals surface area contributed by atoms with Crippen LogP contribution in [0.2, 0.25) is 0 Å². The van der Waals surface area contributed by atoms with Gasteiger partial charge in [-0.3, -0.25) is 4.68 Å². The molecule has 1 heterocycles. The van der Waals surface area contributed by atoms with Crippen LogP contribution < -0.4 is 0 Å². The minimum atomic E-state index is -3.43. The summed E-state index contributed by atoms with van der Waals surface area (Å²) in [6.45, 7) is 4.11. The fraction of sp³-hybridized carbons (Fsp3) is 0.750. The summed E-state index contributed by atoms with van der Waals surface area (Å²) in [5.41, 5.74) is 1.26. The van der Waals surface area contributed by atoms with Crippen LogP contribution in [0.5, 0.6) is 0 Å². The van der Waals surface area contributed by atoms with Crippen LogP contribution in [-0.4, -0.2) is 40.9 Å². The van der Waals surface area contributed by atoms with E-state index in [0.29, 0.717) is 33.6 Å². The van der Waals surface area contributed by atoms with Gasteiger partial charge in [-0.1, -0.05) is 15.9 Å². The van der Waals surface area contributed by atoms with Gasteiger partial charge in [0, 0.05) is 25.5 Å². The van der Waals surface area contributed by atoms with E-state index in [2.05, 4.69) is 21.0 Å². The topological polar surface area (TPSA) is 55.2 Å². The average molecular weight is 350 g/mol. The quantitative estimate of drug-likeness (QED) is 0.779. The second kappa shape index (κ2) is 5.18. The smallest absolute Gasteiger partial charge is 0.246 e. The summed E-state index contributed by atoms with van der Waals surface area (Å²) in [4.78, 5) is 0.905. The summed E-state index contributed by atoms with van der Waals surface area (Å²) in [7, 11) is -0.0114. The highest BCUT2D eigenvalue weighted by Crippen LogP contribution is 2.34. The zero-order valence-corrected chi connectivity index (χ0v) is 14.1. The van der Waals surface area contributed by atoms with E-state index >= 15 is 0 Å². The van der Waals surface area contributed by atoms with Crippen LogP contribution in [-0.2, 0) is 17.1 Å². The summed E-state index contributed by atoms with van der Waals surface area (Å²) >= 11 is 3.53. The highest BCUT2D eigenvalue weighted by Gasteiger charge is 2.33. The van der Waals surface area contributed by atoms with Crippen molar-refractivity contribution in [3.8, 4) is 0 Å². The fourth-order valence-corrected chi connectivity index (χ4v) is 5.24. The van der Waals surface area contributed by atoms with Crippen molar-refractivity contribution in [2.75, 3.05) is 13.6 Å². The van der Waals surface area contributed by atoms with Crippen molar-refractivity contribution < 1.29 is 8.42 Å². The van der Waals surface area contributed by atoms with Crippen molar-refractivity contribution in [2.24, 2.45) is 13.0 Å². The first-order valence-electron chi connectivity index (χ1n) is 6.34. The lowest BCUT2D eigenvalue weighted by atomic mass is 9.85. The van der Waals surface area contributed by atoms with Crippen molar-refractivity contribution in [1.82, 2.24) is 14.1 Å². The van der Waals surface area contributed by atoms with Crippen LogP contribution in [0, 0.1) is 19.8 Å². The number of alkyl halides is 1. The Bertz CT molecular complexity index is 576. The second-order valence-electron chi connectivity index (χ2n) is 5.34. The fourth-order valence-electron chi connectivity index (χ4n) is 2.55. The van der Waals surface area contributed by atoms with Crippen molar-refractivity contribution in [3.05, 3.63) is 11.4 Å². The molecule has 1 aromatic heterocycles. The number of halogens is 1. The third kappa shape index (κ3) is 2.73. The van der Waals surface area contributed by atoms with E-state index in [1.807, 2.05) is 0 Å². The van der Waals surface area contributed by atoms with E-state index in [1.54, 1.807) is 32.6 Å². The van der Waals surface area contributed by atoms with Crippen LogP contribution >= 0.6 is 15.9 Å². The molecular formula is C12H20BrN3O2S. The number of nitrogens with zero attached hydrogens (tertiary/aromatic N) is 3. The van der Waals surface area contributed by atoms with Gasteiger partial charge in [0.2, 0.25) is 10.0 Å². The normalized spacial score (nSPS) is 23.7. The van der Waals surface area contributed by atoms with Gasteiger partial charge in [0.1, 0.15) is 4.90 Å². The SMILES string of the molecule is Cc1nn(C)c(C)c1S(=O)(=O)N(C)CC1CC(Br)C1. The van der Waals surface area contributed by atoms with Gasteiger partial charge in [0.15, 0.2) is 0 Å². The van der Waals surface area contributed by atoms with Crippen molar-refractivity contribution >= 4 is 26.0 Å². The van der Waals surface area contributed by atoms with E-state index in [1.165, 1.54) is 4.31 Å². The van der Waals surface area contributed by atoms with E-state index in [-0.39, 0.29) is 0 Å². The molecule has 108 valence electrons. The Kier molecular flexibility index (Phi) is 4.09. The maximum Gasteiger partial charge on any atom is 0.246 e. The highest BCUT2D eigenvalue weighted by molar-refractivity contribution is 9.09. The molecule has 7 heteroatoms. The molecule has 19 heavy (non-hydrogen) atoms. The standard InChI is InChI=1S/C12H20BrN3O2S/c1-8-12(9(2)16(4)14-8)19(17,18)15(3)7-10-5-11(13)6-10/h10-11H,5-7H2,1-4H3. The van der Waals surface area contributed by atoms with Crippen LogP contribution in [0.25, 0.3) is 0 Å². The number of aryl methyl sites for hydroxylation is 2. The minimum absolute atomic E-state index is 0.354. The predicted molar refractivity (Wildman–Crippen MR) is 77.9 cm³/mol. The van der Waals surface area contributed by atoms with Crippen LogP contribution in [0.1, 0.15) is 24.2 Å². The Balaban J connectivity index is 2.21. The molecule has 1 aliphatic carbocycles. The number of sulfonamides is 1. The van der Waals surface area contributed by atoms with Gasteiger partial charge in [-0.2, -0.15) is 5.10 Å². The van der Waals surface area contributed by atoms with Crippen molar-refractivity contribution in [3.63, 3.8) is 0 Å². The molecule has 0 saturated heterocycles. The van der Waals surface area contributed by atoms with Gasteiger partial charge in [-0.05, 0) is 32.6 Å². The van der Waals surface area contributed by atoms with E-state index in [9.17, 15) is 8.42 Å². The number of rotatable bonds is 4. The summed E-state index contributed by atoms with van der Waals surface area (Å²) in [6.07, 6.45) is 2.09. The van der Waals surface area contributed by atoms with Crippen molar-refractivity contribution in [1.29, 1.82) is 0 Å². The Morgan fingerprint density at radius 1 is 1.42 bits per heavy atom. The second-order valence-corrected chi connectivity index (χ2v) is 8.62. The molecule has 0 atom stereocenters. The molecule has 1 aromatic rings. The van der Waals surface area contributed by atoms with Gasteiger partial charge in [0.25, 0.3) is 0 Å². The molecule has 0 amide bonds. The molecule has 2 rings (SSSR count). The lowest BCUT2D eigenvalue weighted by Gasteiger charge is -2.34. The molecule has 1 fully saturated rings. The zero-order valence-electron chi connectivity index (χ0n) is 11.7. The number of aromatic nitrogens is 2. The lowest BCUT2D eigenvalue weighted by Crippen LogP contribution is -2.38. The maximum atomic E-state index is 12.6. The molecule has 0 aliphatic heterocycles. The molecule has 1 aliphatic rings.